The number of ether oxygens (including phenoxy) is 1. The Balaban J connectivity index is 2.72. The van der Waals surface area contributed by atoms with Crippen LogP contribution in [0.25, 0.3) is 0 Å². The van der Waals surface area contributed by atoms with Gasteiger partial charge >= 0.3 is 0 Å². The third-order valence-corrected chi connectivity index (χ3v) is 2.84. The van der Waals surface area contributed by atoms with Crippen molar-refractivity contribution in [3.8, 4) is 11.8 Å². The Morgan fingerprint density at radius 1 is 1.53 bits per heavy atom. The highest BCUT2D eigenvalue weighted by molar-refractivity contribution is 5.36. The molecule has 0 fully saturated rings. The molecule has 3 nitrogen and oxygen atoms in total. The topological polar surface area (TPSA) is 53.2 Å². The first-order chi connectivity index (χ1) is 7.86. The van der Waals surface area contributed by atoms with Gasteiger partial charge in [-0.25, -0.2) is 4.39 Å². The predicted octanol–water partition coefficient (Wildman–Crippen LogP) is 2.48. The lowest BCUT2D eigenvalue weighted by molar-refractivity contribution is -0.0267. The number of benzene rings is 1. The van der Waals surface area contributed by atoms with Gasteiger partial charge in [-0.05, 0) is 25.0 Å². The van der Waals surface area contributed by atoms with Gasteiger partial charge in [-0.2, -0.15) is 5.26 Å². The Morgan fingerprint density at radius 2 is 2.18 bits per heavy atom. The van der Waals surface area contributed by atoms with E-state index in [1.807, 2.05) is 13.8 Å². The summed E-state index contributed by atoms with van der Waals surface area (Å²) in [5.74, 6) is -0.276. The Labute approximate surface area is 100 Å². The van der Waals surface area contributed by atoms with Crippen molar-refractivity contribution >= 4 is 0 Å². The van der Waals surface area contributed by atoms with Crippen LogP contribution in [0.2, 0.25) is 0 Å². The normalized spacial score (nSPS) is 14.2. The minimum Gasteiger partial charge on any atom is -0.490 e. The molecule has 1 aromatic carbocycles. The summed E-state index contributed by atoms with van der Waals surface area (Å²) in [6.45, 7) is 5.50. The summed E-state index contributed by atoms with van der Waals surface area (Å²) in [5.41, 5.74) is -0.988. The van der Waals surface area contributed by atoms with Gasteiger partial charge < -0.3 is 9.84 Å². The Morgan fingerprint density at radius 3 is 2.65 bits per heavy atom. The maximum Gasteiger partial charge on any atom is 0.144 e. The number of aliphatic hydroxyl groups is 1. The quantitative estimate of drug-likeness (QED) is 0.875. The molecule has 0 heterocycles. The summed E-state index contributed by atoms with van der Waals surface area (Å²) in [6, 6.07) is 5.75. The molecule has 4 heteroatoms. The zero-order chi connectivity index (χ0) is 13.1. The van der Waals surface area contributed by atoms with Gasteiger partial charge in [0.2, 0.25) is 0 Å². The third kappa shape index (κ3) is 3.43. The van der Waals surface area contributed by atoms with E-state index in [0.29, 0.717) is 5.75 Å². The number of nitrogens with zero attached hydrogens (tertiary/aromatic N) is 1. The third-order valence-electron chi connectivity index (χ3n) is 2.84. The summed E-state index contributed by atoms with van der Waals surface area (Å²) in [7, 11) is 0. The van der Waals surface area contributed by atoms with Crippen molar-refractivity contribution < 1.29 is 14.2 Å². The smallest absolute Gasteiger partial charge is 0.144 e. The second kappa shape index (κ2) is 5.15. The van der Waals surface area contributed by atoms with Gasteiger partial charge in [-0.1, -0.05) is 13.8 Å². The SMILES string of the molecule is CC(C)C(C)(O)COc1ccc(C#N)c(F)c1. The van der Waals surface area contributed by atoms with E-state index < -0.39 is 11.4 Å². The Bertz CT molecular complexity index is 436. The van der Waals surface area contributed by atoms with Crippen LogP contribution in [0.3, 0.4) is 0 Å². The van der Waals surface area contributed by atoms with Crippen LogP contribution in [0, 0.1) is 23.1 Å². The van der Waals surface area contributed by atoms with E-state index in [1.54, 1.807) is 13.0 Å². The first-order valence-corrected chi connectivity index (χ1v) is 5.41. The van der Waals surface area contributed by atoms with Gasteiger partial charge in [0.25, 0.3) is 0 Å². The molecule has 1 unspecified atom stereocenters. The molecule has 1 aromatic rings. The number of hydrogen-bond acceptors (Lipinski definition) is 3. The van der Waals surface area contributed by atoms with Crippen LogP contribution < -0.4 is 4.74 Å². The average molecular weight is 237 g/mol. The summed E-state index contributed by atoms with van der Waals surface area (Å²) < 4.78 is 18.6. The predicted molar refractivity (Wildman–Crippen MR) is 62.1 cm³/mol. The Hall–Kier alpha value is -1.60. The number of halogens is 1. The van der Waals surface area contributed by atoms with Crippen molar-refractivity contribution in [3.05, 3.63) is 29.6 Å². The van der Waals surface area contributed by atoms with Crippen molar-refractivity contribution in [3.63, 3.8) is 0 Å². The molecule has 0 aromatic heterocycles. The zero-order valence-corrected chi connectivity index (χ0v) is 10.2. The maximum atomic E-state index is 13.3. The second-order valence-electron chi connectivity index (χ2n) is 4.55. The molecule has 0 bridgehead atoms. The summed E-state index contributed by atoms with van der Waals surface area (Å²) in [6.07, 6.45) is 0. The van der Waals surface area contributed by atoms with Gasteiger partial charge in [0, 0.05) is 6.07 Å². The van der Waals surface area contributed by atoms with Crippen LogP contribution in [0.5, 0.6) is 5.75 Å². The van der Waals surface area contributed by atoms with E-state index in [4.69, 9.17) is 10.00 Å². The molecule has 0 spiro atoms. The fraction of sp³-hybridized carbons (Fsp3) is 0.462. The number of rotatable bonds is 4. The van der Waals surface area contributed by atoms with Crippen molar-refractivity contribution in [1.82, 2.24) is 0 Å². The molecule has 0 radical (unpaired) electrons. The molecule has 0 amide bonds. The summed E-state index contributed by atoms with van der Waals surface area (Å²) in [5, 5.41) is 18.5. The number of nitriles is 1. The van der Waals surface area contributed by atoms with Gasteiger partial charge in [0.1, 0.15) is 24.2 Å². The van der Waals surface area contributed by atoms with Gasteiger partial charge in [0.05, 0.1) is 11.2 Å². The van der Waals surface area contributed by atoms with E-state index in [-0.39, 0.29) is 18.1 Å². The van der Waals surface area contributed by atoms with E-state index in [9.17, 15) is 9.50 Å². The van der Waals surface area contributed by atoms with Crippen LogP contribution >= 0.6 is 0 Å². The first kappa shape index (κ1) is 13.5. The molecule has 0 aliphatic heterocycles. The van der Waals surface area contributed by atoms with Crippen molar-refractivity contribution in [2.24, 2.45) is 5.92 Å². The summed E-state index contributed by atoms with van der Waals surface area (Å²) in [4.78, 5) is 0. The molecule has 0 aliphatic carbocycles. The molecule has 0 saturated carbocycles. The lowest BCUT2D eigenvalue weighted by Gasteiger charge is -2.27. The standard InChI is InChI=1S/C13H16FNO2/c1-9(2)13(3,16)8-17-11-5-4-10(7-15)12(14)6-11/h4-6,9,16H,8H2,1-3H3. The van der Waals surface area contributed by atoms with Crippen LogP contribution in [0.1, 0.15) is 26.3 Å². The second-order valence-corrected chi connectivity index (χ2v) is 4.55. The summed E-state index contributed by atoms with van der Waals surface area (Å²) >= 11 is 0. The van der Waals surface area contributed by atoms with Crippen LogP contribution in [-0.4, -0.2) is 17.3 Å². The van der Waals surface area contributed by atoms with Crippen LogP contribution in [0.4, 0.5) is 4.39 Å². The van der Waals surface area contributed by atoms with Crippen molar-refractivity contribution in [2.75, 3.05) is 6.61 Å². The molecule has 0 saturated heterocycles. The van der Waals surface area contributed by atoms with Crippen LogP contribution in [0.15, 0.2) is 18.2 Å². The Kier molecular flexibility index (Phi) is 4.08. The van der Waals surface area contributed by atoms with Crippen molar-refractivity contribution in [2.45, 2.75) is 26.4 Å². The molecule has 0 aliphatic rings. The molecular formula is C13H16FNO2. The van der Waals surface area contributed by atoms with E-state index in [2.05, 4.69) is 0 Å². The van der Waals surface area contributed by atoms with Gasteiger partial charge in [-0.3, -0.25) is 0 Å². The van der Waals surface area contributed by atoms with Crippen molar-refractivity contribution in [1.29, 1.82) is 5.26 Å². The molecule has 1 rings (SSSR count). The maximum absolute atomic E-state index is 13.3. The lowest BCUT2D eigenvalue weighted by Crippen LogP contribution is -2.37. The van der Waals surface area contributed by atoms with Crippen LogP contribution in [-0.2, 0) is 0 Å². The fourth-order valence-electron chi connectivity index (χ4n) is 1.07. The minimum atomic E-state index is -0.968. The van der Waals surface area contributed by atoms with E-state index in [1.165, 1.54) is 12.1 Å². The molecular weight excluding hydrogens is 221 g/mol. The molecule has 1 atom stereocenters. The highest BCUT2D eigenvalue weighted by atomic mass is 19.1. The molecule has 1 N–H and O–H groups in total. The molecule has 92 valence electrons. The van der Waals surface area contributed by atoms with E-state index in [0.717, 1.165) is 6.07 Å². The minimum absolute atomic E-state index is 0.0204. The van der Waals surface area contributed by atoms with Gasteiger partial charge in [-0.15, -0.1) is 0 Å². The first-order valence-electron chi connectivity index (χ1n) is 5.41. The van der Waals surface area contributed by atoms with E-state index >= 15 is 0 Å². The fourth-order valence-corrected chi connectivity index (χ4v) is 1.07. The monoisotopic (exact) mass is 237 g/mol. The molecule has 17 heavy (non-hydrogen) atoms. The highest BCUT2D eigenvalue weighted by Gasteiger charge is 2.25. The zero-order valence-electron chi connectivity index (χ0n) is 10.2. The largest absolute Gasteiger partial charge is 0.490 e. The average Bonchev–Trinajstić information content (AvgIpc) is 2.26. The number of hydrogen-bond donors (Lipinski definition) is 1. The lowest BCUT2D eigenvalue weighted by atomic mass is 9.94. The van der Waals surface area contributed by atoms with Gasteiger partial charge in [0.15, 0.2) is 0 Å². The highest BCUT2D eigenvalue weighted by Crippen LogP contribution is 2.20.